The van der Waals surface area contributed by atoms with E-state index in [0.29, 0.717) is 5.75 Å². The van der Waals surface area contributed by atoms with Gasteiger partial charge in [-0.1, -0.05) is 30.3 Å². The van der Waals surface area contributed by atoms with Gasteiger partial charge in [0.15, 0.2) is 18.1 Å². The lowest BCUT2D eigenvalue weighted by molar-refractivity contribution is -0.139. The monoisotopic (exact) mass is 417 g/mol. The van der Waals surface area contributed by atoms with Crippen molar-refractivity contribution in [3.05, 3.63) is 65.9 Å². The van der Waals surface area contributed by atoms with Crippen molar-refractivity contribution in [1.29, 1.82) is 0 Å². The fourth-order valence-electron chi connectivity index (χ4n) is 2.88. The van der Waals surface area contributed by atoms with Gasteiger partial charge >= 0.3 is 11.9 Å². The number of nitrogens with zero attached hydrogens (tertiary/aromatic N) is 1. The Labute approximate surface area is 168 Å². The molecule has 152 valence electrons. The minimum absolute atomic E-state index is 0.0529. The number of fused-ring (bicyclic) bond motifs is 1. The SMILES string of the molecule is CCN1C(C(=O)OC)=C(OC(=O)COc2ccccc2)c2ccccc2S1(=O)=O. The molecule has 1 aliphatic rings. The average Bonchev–Trinajstić information content (AvgIpc) is 2.74. The summed E-state index contributed by atoms with van der Waals surface area (Å²) in [7, 11) is -2.89. The number of hydrogen-bond acceptors (Lipinski definition) is 7. The minimum atomic E-state index is -4.01. The van der Waals surface area contributed by atoms with Gasteiger partial charge < -0.3 is 14.2 Å². The molecule has 0 radical (unpaired) electrons. The van der Waals surface area contributed by atoms with Gasteiger partial charge in [-0.2, -0.15) is 0 Å². The predicted octanol–water partition coefficient (Wildman–Crippen LogP) is 2.17. The van der Waals surface area contributed by atoms with Gasteiger partial charge in [-0.3, -0.25) is 4.31 Å². The summed E-state index contributed by atoms with van der Waals surface area (Å²) in [5.41, 5.74) is -0.257. The molecule has 0 atom stereocenters. The van der Waals surface area contributed by atoms with Gasteiger partial charge in [-0.05, 0) is 31.2 Å². The van der Waals surface area contributed by atoms with Crippen LogP contribution in [0.5, 0.6) is 5.75 Å². The zero-order valence-electron chi connectivity index (χ0n) is 15.8. The summed E-state index contributed by atoms with van der Waals surface area (Å²) in [6.07, 6.45) is 0. The molecule has 0 aromatic heterocycles. The molecule has 1 heterocycles. The molecule has 29 heavy (non-hydrogen) atoms. The van der Waals surface area contributed by atoms with E-state index in [1.165, 1.54) is 12.1 Å². The Kier molecular flexibility index (Phi) is 5.88. The van der Waals surface area contributed by atoms with E-state index < -0.39 is 28.6 Å². The van der Waals surface area contributed by atoms with E-state index in [1.807, 2.05) is 0 Å². The predicted molar refractivity (Wildman–Crippen MR) is 103 cm³/mol. The van der Waals surface area contributed by atoms with Gasteiger partial charge in [0, 0.05) is 12.1 Å². The summed E-state index contributed by atoms with van der Waals surface area (Å²) in [5, 5.41) is 0. The molecule has 2 aromatic carbocycles. The first-order valence-electron chi connectivity index (χ1n) is 8.73. The van der Waals surface area contributed by atoms with E-state index in [4.69, 9.17) is 14.2 Å². The molecule has 0 unspecified atom stereocenters. The second-order valence-corrected chi connectivity index (χ2v) is 7.74. The summed E-state index contributed by atoms with van der Waals surface area (Å²) in [4.78, 5) is 24.7. The zero-order chi connectivity index (χ0) is 21.0. The minimum Gasteiger partial charge on any atom is -0.482 e. The van der Waals surface area contributed by atoms with Crippen LogP contribution in [0.25, 0.3) is 5.76 Å². The molecule has 1 aliphatic heterocycles. The Morgan fingerprint density at radius 1 is 1.00 bits per heavy atom. The van der Waals surface area contributed by atoms with E-state index in [-0.39, 0.29) is 28.5 Å². The first-order chi connectivity index (χ1) is 13.9. The third-order valence-electron chi connectivity index (χ3n) is 4.15. The maximum atomic E-state index is 12.9. The summed E-state index contributed by atoms with van der Waals surface area (Å²) in [5.74, 6) is -1.45. The molecule has 8 nitrogen and oxygen atoms in total. The highest BCUT2D eigenvalue weighted by Gasteiger charge is 2.41. The molecule has 0 spiro atoms. The number of carbonyl (C=O) groups is 2. The van der Waals surface area contributed by atoms with Crippen molar-refractivity contribution < 1.29 is 32.2 Å². The highest BCUT2D eigenvalue weighted by Crippen LogP contribution is 2.37. The highest BCUT2D eigenvalue weighted by molar-refractivity contribution is 7.89. The zero-order valence-corrected chi connectivity index (χ0v) is 16.6. The number of likely N-dealkylation sites (N-methyl/N-ethyl adjacent to an activating group) is 1. The fraction of sp³-hybridized carbons (Fsp3) is 0.200. The molecule has 3 rings (SSSR count). The van der Waals surface area contributed by atoms with Crippen LogP contribution in [0.1, 0.15) is 12.5 Å². The molecule has 0 N–H and O–H groups in total. The van der Waals surface area contributed by atoms with E-state index in [9.17, 15) is 18.0 Å². The largest absolute Gasteiger partial charge is 0.482 e. The van der Waals surface area contributed by atoms with Gasteiger partial charge in [0.1, 0.15) is 5.75 Å². The summed E-state index contributed by atoms with van der Waals surface area (Å²) < 4.78 is 42.2. The molecule has 0 saturated carbocycles. The standard InChI is InChI=1S/C20H19NO7S/c1-3-21-18(20(23)26-2)19(15-11-7-8-12-16(15)29(21,24)25)28-17(22)13-27-14-9-5-4-6-10-14/h4-12H,3,13H2,1-2H3. The maximum absolute atomic E-state index is 12.9. The van der Waals surface area contributed by atoms with Crippen LogP contribution in [0.2, 0.25) is 0 Å². The van der Waals surface area contributed by atoms with Crippen molar-refractivity contribution >= 4 is 27.7 Å². The normalized spacial score (nSPS) is 14.8. The lowest BCUT2D eigenvalue weighted by Gasteiger charge is -2.31. The maximum Gasteiger partial charge on any atom is 0.359 e. The van der Waals surface area contributed by atoms with Gasteiger partial charge in [0.2, 0.25) is 0 Å². The van der Waals surface area contributed by atoms with Crippen LogP contribution in [-0.2, 0) is 29.1 Å². The van der Waals surface area contributed by atoms with Crippen molar-refractivity contribution in [3.63, 3.8) is 0 Å². The van der Waals surface area contributed by atoms with Crippen molar-refractivity contribution in [2.75, 3.05) is 20.3 Å². The Bertz CT molecular complexity index is 1060. The summed E-state index contributed by atoms with van der Waals surface area (Å²) >= 11 is 0. The number of sulfonamides is 1. The first-order valence-corrected chi connectivity index (χ1v) is 10.2. The highest BCUT2D eigenvalue weighted by atomic mass is 32.2. The molecule has 9 heteroatoms. The fourth-order valence-corrected chi connectivity index (χ4v) is 4.55. The molecule has 0 bridgehead atoms. The quantitative estimate of drug-likeness (QED) is 0.664. The number of esters is 2. The lowest BCUT2D eigenvalue weighted by Crippen LogP contribution is -2.39. The van der Waals surface area contributed by atoms with E-state index >= 15 is 0 Å². The van der Waals surface area contributed by atoms with Crippen LogP contribution in [0, 0.1) is 0 Å². The third-order valence-corrected chi connectivity index (χ3v) is 6.08. The number of carbonyl (C=O) groups excluding carboxylic acids is 2. The number of para-hydroxylation sites is 1. The van der Waals surface area contributed by atoms with E-state index in [1.54, 1.807) is 49.4 Å². The Morgan fingerprint density at radius 3 is 2.31 bits per heavy atom. The van der Waals surface area contributed by atoms with Gasteiger partial charge in [0.25, 0.3) is 10.0 Å². The second-order valence-electron chi connectivity index (χ2n) is 5.91. The number of methoxy groups -OCH3 is 1. The van der Waals surface area contributed by atoms with Gasteiger partial charge in [-0.25, -0.2) is 18.0 Å². The van der Waals surface area contributed by atoms with Crippen LogP contribution < -0.4 is 4.74 Å². The molecule has 0 fully saturated rings. The molecule has 2 aromatic rings. The van der Waals surface area contributed by atoms with Crippen LogP contribution in [0.3, 0.4) is 0 Å². The van der Waals surface area contributed by atoms with Crippen molar-refractivity contribution in [2.24, 2.45) is 0 Å². The Hall–Kier alpha value is -3.33. The molecule has 0 aliphatic carbocycles. The topological polar surface area (TPSA) is 99.2 Å². The summed E-state index contributed by atoms with van der Waals surface area (Å²) in [6.45, 7) is 1.08. The average molecular weight is 417 g/mol. The van der Waals surface area contributed by atoms with Crippen molar-refractivity contribution in [3.8, 4) is 5.75 Å². The van der Waals surface area contributed by atoms with E-state index in [0.717, 1.165) is 11.4 Å². The second kappa shape index (κ2) is 8.36. The molecule has 0 amide bonds. The molecular formula is C20H19NO7S. The molecule has 0 saturated heterocycles. The third kappa shape index (κ3) is 3.95. The van der Waals surface area contributed by atoms with Gasteiger partial charge in [0.05, 0.1) is 12.0 Å². The van der Waals surface area contributed by atoms with Crippen molar-refractivity contribution in [2.45, 2.75) is 11.8 Å². The number of hydrogen-bond donors (Lipinski definition) is 0. The van der Waals surface area contributed by atoms with Crippen LogP contribution in [-0.4, -0.2) is 44.9 Å². The summed E-state index contributed by atoms with van der Waals surface area (Å²) in [6, 6.07) is 14.6. The smallest absolute Gasteiger partial charge is 0.359 e. The number of rotatable bonds is 6. The first kappa shape index (κ1) is 20.4. The Morgan fingerprint density at radius 2 is 1.66 bits per heavy atom. The van der Waals surface area contributed by atoms with Crippen LogP contribution >= 0.6 is 0 Å². The molecular weight excluding hydrogens is 398 g/mol. The number of benzene rings is 2. The van der Waals surface area contributed by atoms with Crippen LogP contribution in [0.15, 0.2) is 65.2 Å². The Balaban J connectivity index is 2.00. The van der Waals surface area contributed by atoms with Crippen LogP contribution in [0.4, 0.5) is 0 Å². The lowest BCUT2D eigenvalue weighted by atomic mass is 10.1. The number of ether oxygens (including phenoxy) is 3. The van der Waals surface area contributed by atoms with Crippen molar-refractivity contribution in [1.82, 2.24) is 4.31 Å². The van der Waals surface area contributed by atoms with Gasteiger partial charge in [-0.15, -0.1) is 0 Å². The van der Waals surface area contributed by atoms with E-state index in [2.05, 4.69) is 0 Å².